The van der Waals surface area contributed by atoms with Crippen molar-refractivity contribution in [3.05, 3.63) is 139 Å². The fourth-order valence-electron chi connectivity index (χ4n) is 7.29. The number of thiol groups is 1. The van der Waals surface area contributed by atoms with Crippen LogP contribution in [0.5, 0.6) is 0 Å². The smallest absolute Gasteiger partial charge is 0.662 e. The number of amides is 2. The van der Waals surface area contributed by atoms with Gasteiger partial charge < -0.3 is 25.1 Å². The van der Waals surface area contributed by atoms with E-state index in [9.17, 15) is 53.4 Å². The summed E-state index contributed by atoms with van der Waals surface area (Å²) in [4.78, 5) is 123. The maximum Gasteiger partial charge on any atom is 1.00 e. The quantitative estimate of drug-likeness (QED) is 0.0261. The summed E-state index contributed by atoms with van der Waals surface area (Å²) in [7, 11) is 0. The molecule has 2 N–H and O–H groups in total. The van der Waals surface area contributed by atoms with Gasteiger partial charge in [-0.3, -0.25) is 48.2 Å². The van der Waals surface area contributed by atoms with E-state index in [0.717, 1.165) is 21.5 Å². The van der Waals surface area contributed by atoms with Crippen LogP contribution in [0.4, 0.5) is 0 Å². The van der Waals surface area contributed by atoms with Gasteiger partial charge in [0.15, 0.2) is 0 Å². The Kier molecular flexibility index (Phi) is 24.0. The summed E-state index contributed by atoms with van der Waals surface area (Å²) in [6.07, 6.45) is 0.813. The monoisotopic (exact) mass is 1090 g/mol. The molecule has 0 radical (unpaired) electrons. The van der Waals surface area contributed by atoms with E-state index in [2.05, 4.69) is 17.5 Å². The number of hydrogen-bond donors (Lipinski definition) is 3. The van der Waals surface area contributed by atoms with Crippen LogP contribution in [0.1, 0.15) is 50.2 Å². The second-order valence-electron chi connectivity index (χ2n) is 15.1. The number of thiophene rings is 2. The number of carbonyl (C=O) groups excluding carboxylic acids is 8. The van der Waals surface area contributed by atoms with Crippen LogP contribution in [0.2, 0.25) is 0 Å². The Morgan fingerprint density at radius 1 is 0.718 bits per heavy atom. The van der Waals surface area contributed by atoms with Crippen LogP contribution in [0.15, 0.2) is 118 Å². The maximum atomic E-state index is 12.7. The molecule has 2 fully saturated rings. The first-order valence-corrected chi connectivity index (χ1v) is 26.1. The number of nitrogens with zero attached hydrogens (tertiary/aromatic N) is 2. The minimum atomic E-state index is -1.23. The molecule has 2 aromatic heterocycles. The molecule has 2 aromatic carbocycles. The van der Waals surface area contributed by atoms with Gasteiger partial charge in [0.25, 0.3) is 6.47 Å². The molecule has 368 valence electrons. The Balaban J connectivity index is 0.000000246. The van der Waals surface area contributed by atoms with Crippen molar-refractivity contribution >= 4 is 129 Å². The zero-order valence-corrected chi connectivity index (χ0v) is 44.8. The number of β-lactam (4-membered cyclic amide) rings is 2. The van der Waals surface area contributed by atoms with Crippen molar-refractivity contribution in [3.8, 4) is 0 Å². The third kappa shape index (κ3) is 16.3. The zero-order valence-electron chi connectivity index (χ0n) is 37.9. The van der Waals surface area contributed by atoms with E-state index in [-0.39, 0.29) is 123 Å². The maximum absolute atomic E-state index is 12.7. The summed E-state index contributed by atoms with van der Waals surface area (Å²) >= 11 is 10.5. The minimum Gasteiger partial charge on any atom is -0.662 e. The van der Waals surface area contributed by atoms with Gasteiger partial charge in [-0.25, -0.2) is 9.59 Å². The fraction of sp³-hybridized carbons (Fsp3) is 0.277. The van der Waals surface area contributed by atoms with Crippen molar-refractivity contribution in [2.24, 2.45) is 11.8 Å². The van der Waals surface area contributed by atoms with E-state index >= 15 is 0 Å². The molecule has 2 saturated heterocycles. The first-order chi connectivity index (χ1) is 33.6. The number of esters is 1. The van der Waals surface area contributed by atoms with Crippen LogP contribution in [0.3, 0.4) is 0 Å². The van der Waals surface area contributed by atoms with E-state index in [4.69, 9.17) is 14.8 Å². The van der Waals surface area contributed by atoms with E-state index in [1.807, 2.05) is 59.3 Å². The van der Waals surface area contributed by atoms with Crippen molar-refractivity contribution in [3.63, 3.8) is 0 Å². The molecular formula is C47H43N2NaO15S6. The Morgan fingerprint density at radius 3 is 1.54 bits per heavy atom. The molecule has 4 aromatic rings. The molecule has 0 unspecified atom stereocenters. The molecular weight excluding hydrogens is 1050 g/mol. The number of ketones is 2. The fourth-order valence-corrected chi connectivity index (χ4v) is 12.7. The van der Waals surface area contributed by atoms with Gasteiger partial charge in [0.05, 0.1) is 22.6 Å². The Morgan fingerprint density at radius 2 is 1.15 bits per heavy atom. The van der Waals surface area contributed by atoms with Gasteiger partial charge in [0, 0.05) is 76.3 Å². The number of aliphatic carboxylic acids is 2. The molecule has 4 aliphatic heterocycles. The summed E-state index contributed by atoms with van der Waals surface area (Å²) in [5, 5.41) is 30.4. The zero-order chi connectivity index (χ0) is 50.9. The number of carboxylic acid groups (broad SMARTS) is 2. The molecule has 8 rings (SSSR count). The summed E-state index contributed by atoms with van der Waals surface area (Å²) in [5.41, 5.74) is 1.98. The molecule has 0 saturated carbocycles. The van der Waals surface area contributed by atoms with Crippen molar-refractivity contribution < 1.29 is 103 Å². The van der Waals surface area contributed by atoms with Gasteiger partial charge in [-0.1, -0.05) is 84.6 Å². The number of thioether (sulfide) groups is 3. The predicted octanol–water partition coefficient (Wildman–Crippen LogP) is 2.57. The van der Waals surface area contributed by atoms with Crippen LogP contribution in [0, 0.1) is 11.8 Å². The van der Waals surface area contributed by atoms with Crippen molar-refractivity contribution in [1.82, 2.24) is 9.80 Å². The first kappa shape index (κ1) is 58.7. The molecule has 4 atom stereocenters. The van der Waals surface area contributed by atoms with Gasteiger partial charge >= 0.3 is 47.5 Å². The van der Waals surface area contributed by atoms with Gasteiger partial charge in [0.2, 0.25) is 22.0 Å². The topological polar surface area (TPSA) is 259 Å². The number of ether oxygens (including phenoxy) is 1. The molecule has 4 aliphatic rings. The number of hydrogen-bond acceptors (Lipinski definition) is 18. The first-order valence-electron chi connectivity index (χ1n) is 20.8. The number of fused-ring (bicyclic) bond motifs is 2. The van der Waals surface area contributed by atoms with Crippen LogP contribution in [-0.2, 0) is 60.8 Å². The molecule has 24 heteroatoms. The Bertz CT molecular complexity index is 2630. The molecule has 6 heterocycles. The van der Waals surface area contributed by atoms with Gasteiger partial charge in [-0.2, -0.15) is 0 Å². The molecule has 0 aliphatic carbocycles. The van der Waals surface area contributed by atoms with Crippen LogP contribution < -0.4 is 34.8 Å². The van der Waals surface area contributed by atoms with Crippen LogP contribution in [-0.4, -0.2) is 113 Å². The second kappa shape index (κ2) is 29.0. The van der Waals surface area contributed by atoms with E-state index in [1.165, 1.54) is 62.9 Å². The van der Waals surface area contributed by atoms with E-state index in [1.54, 1.807) is 36.4 Å². The average molecular weight is 1090 g/mol. The van der Waals surface area contributed by atoms with E-state index < -0.39 is 29.7 Å². The number of Topliss-reactive ketones (excluding diaryl/α,β-unsaturated/α-hetero) is 2. The Labute approximate surface area is 455 Å². The normalized spacial score (nSPS) is 18.3. The van der Waals surface area contributed by atoms with E-state index in [0.29, 0.717) is 40.2 Å². The molecule has 71 heavy (non-hydrogen) atoms. The number of carboxylic acids is 2. The van der Waals surface area contributed by atoms with Crippen molar-refractivity contribution in [2.75, 3.05) is 23.9 Å². The largest absolute Gasteiger partial charge is 1.00 e. The van der Waals surface area contributed by atoms with Gasteiger partial charge in [-0.05, 0) is 28.5 Å². The standard InChI is InChI=1S/C22H19NO5S3.C17H17NO6S2.C7H6OS.CH2O3.Na/c24-15(9-16-7-4-8-29-16)10-17-19(25)23-18(21(26)27)14(11-30-20(17)23)12-31-22(28)13-5-2-1-3-6-13;1-9(19)24-7-10-8-26-16-13(15(21)18(16)14(10)17(22)23)6-11(20)5-12-3-2-4-25-12;8-7(9)6-4-2-1-3-5-6;2-1-4-3;/h1-8,17,20H,9-12H2,(H,26,27);2-4,13,16H,5-8H2,1H3,(H,22,23);1-5H,(H,8,9);1,3H;/q;;;;+1/p-1/t17-,20-;13-,16-;;;/m11.../s1. The average Bonchev–Trinajstić information content (AvgIpc) is 4.08. The third-order valence-electron chi connectivity index (χ3n) is 10.4. The van der Waals surface area contributed by atoms with Gasteiger partial charge in [0.1, 0.15) is 29.6 Å². The molecule has 0 spiro atoms. The summed E-state index contributed by atoms with van der Waals surface area (Å²) < 4.78 is 4.89. The van der Waals surface area contributed by atoms with Crippen LogP contribution >= 0.6 is 70.6 Å². The summed E-state index contributed by atoms with van der Waals surface area (Å²) in [6.45, 7) is 0.909. The molecule has 2 amide bonds. The Hall–Kier alpha value is -4.82. The minimum absolute atomic E-state index is 0. The third-order valence-corrected chi connectivity index (χ3v) is 16.2. The molecule has 0 bridgehead atoms. The van der Waals surface area contributed by atoms with Crippen molar-refractivity contribution in [1.29, 1.82) is 0 Å². The number of rotatable bonds is 17. The predicted molar refractivity (Wildman–Crippen MR) is 265 cm³/mol. The number of benzene rings is 2. The SMILES string of the molecule is CC(=O)OCC1=C(C(=O)O)N2C(=O)[C@@H](CC(=O)Cc3cccs3)[C@H]2SC1.O=C(Cc1cccs1)C[C@@H]1C(=O)N2C(C(=O)O)=C(CSC(=O)c3ccccc3)CS[C@H]12.O=C(S)c1ccccc1.O=CO[O-].[Na+]. The van der Waals surface area contributed by atoms with Crippen molar-refractivity contribution in [2.45, 2.75) is 43.4 Å². The summed E-state index contributed by atoms with van der Waals surface area (Å²) in [5.74, 6) is -3.68. The number of carbonyl (C=O) groups is 10. The second-order valence-corrected chi connectivity index (χ2v) is 20.8. The van der Waals surface area contributed by atoms with Gasteiger partial charge in [-0.15, -0.1) is 58.8 Å². The van der Waals surface area contributed by atoms with Crippen LogP contribution in [0.25, 0.3) is 0 Å². The summed E-state index contributed by atoms with van der Waals surface area (Å²) in [6, 6.07) is 25.2. The molecule has 17 nitrogen and oxygen atoms in total.